The minimum Gasteiger partial charge on any atom is -0.497 e. The monoisotopic (exact) mass is 255 g/mol. The summed E-state index contributed by atoms with van der Waals surface area (Å²) in [7, 11) is 1.74. The summed E-state index contributed by atoms with van der Waals surface area (Å²) in [6.45, 7) is 6.82. The lowest BCUT2D eigenvalue weighted by Crippen LogP contribution is -2.31. The fourth-order valence-corrected chi connectivity index (χ4v) is 2.41. The highest BCUT2D eigenvalue weighted by Gasteiger charge is 2.25. The predicted molar refractivity (Wildman–Crippen MR) is 74.5 cm³/mol. The third-order valence-corrected chi connectivity index (χ3v) is 3.54. The van der Waals surface area contributed by atoms with Crippen LogP contribution in [0.3, 0.4) is 0 Å². The van der Waals surface area contributed by atoms with Gasteiger partial charge in [0.2, 0.25) is 0 Å². The van der Waals surface area contributed by atoms with Crippen LogP contribution in [0.5, 0.6) is 5.75 Å². The summed E-state index contributed by atoms with van der Waals surface area (Å²) < 4.78 is 5.33. The Morgan fingerprint density at radius 1 is 1.24 bits per heavy atom. The van der Waals surface area contributed by atoms with E-state index in [9.17, 15) is 0 Å². The summed E-state index contributed by atoms with van der Waals surface area (Å²) in [6.07, 6.45) is 2.29. The van der Waals surface area contributed by atoms with Crippen LogP contribution in [0.15, 0.2) is 18.2 Å². The molecule has 0 fully saturated rings. The largest absolute Gasteiger partial charge is 0.497 e. The second-order valence-electron chi connectivity index (χ2n) is 5.16. The number of benzene rings is 1. The van der Waals surface area contributed by atoms with E-state index in [1.54, 1.807) is 7.11 Å². The quantitative estimate of drug-likeness (QED) is 0.833. The molecule has 2 nitrogen and oxygen atoms in total. The number of nitrogens with one attached hydrogen (secondary N) is 1. The lowest BCUT2D eigenvalue weighted by Gasteiger charge is -2.30. The van der Waals surface area contributed by atoms with E-state index in [1.807, 2.05) is 0 Å². The van der Waals surface area contributed by atoms with Crippen molar-refractivity contribution in [3.05, 3.63) is 29.3 Å². The van der Waals surface area contributed by atoms with Gasteiger partial charge in [0.05, 0.1) is 7.11 Å². The first-order valence-electron chi connectivity index (χ1n) is 6.01. The van der Waals surface area contributed by atoms with Crippen LogP contribution in [0.2, 0.25) is 0 Å². The first kappa shape index (κ1) is 14.3. The molecule has 1 heterocycles. The molecule has 0 atom stereocenters. The summed E-state index contributed by atoms with van der Waals surface area (Å²) in [5.41, 5.74) is 3.14. The number of hydrogen-bond acceptors (Lipinski definition) is 2. The van der Waals surface area contributed by atoms with Gasteiger partial charge in [0.25, 0.3) is 0 Å². The lowest BCUT2D eigenvalue weighted by molar-refractivity contribution is 0.405. The van der Waals surface area contributed by atoms with Gasteiger partial charge in [-0.2, -0.15) is 0 Å². The Hall–Kier alpha value is -0.730. The smallest absolute Gasteiger partial charge is 0.119 e. The molecule has 17 heavy (non-hydrogen) atoms. The third-order valence-electron chi connectivity index (χ3n) is 3.54. The van der Waals surface area contributed by atoms with E-state index < -0.39 is 0 Å². The van der Waals surface area contributed by atoms with E-state index in [0.717, 1.165) is 25.3 Å². The average molecular weight is 256 g/mol. The molecule has 1 aromatic rings. The number of methoxy groups -OCH3 is 1. The molecule has 96 valence electrons. The van der Waals surface area contributed by atoms with Gasteiger partial charge in [0, 0.05) is 0 Å². The van der Waals surface area contributed by atoms with E-state index >= 15 is 0 Å². The van der Waals surface area contributed by atoms with E-state index in [0.29, 0.717) is 0 Å². The maximum atomic E-state index is 5.33. The molecular weight excluding hydrogens is 234 g/mol. The van der Waals surface area contributed by atoms with Gasteiger partial charge >= 0.3 is 0 Å². The summed E-state index contributed by atoms with van der Waals surface area (Å²) >= 11 is 0. The molecule has 3 heteroatoms. The number of halogens is 1. The van der Waals surface area contributed by atoms with Gasteiger partial charge < -0.3 is 10.1 Å². The van der Waals surface area contributed by atoms with Crippen LogP contribution in [-0.4, -0.2) is 20.2 Å². The van der Waals surface area contributed by atoms with Crippen molar-refractivity contribution >= 4 is 12.4 Å². The second-order valence-corrected chi connectivity index (χ2v) is 5.16. The Balaban J connectivity index is 0.00000144. The second kappa shape index (κ2) is 5.74. The highest BCUT2D eigenvalue weighted by atomic mass is 35.5. The Morgan fingerprint density at radius 2 is 2.00 bits per heavy atom. The summed E-state index contributed by atoms with van der Waals surface area (Å²) in [5, 5.41) is 3.48. The van der Waals surface area contributed by atoms with Crippen molar-refractivity contribution in [1.82, 2.24) is 5.32 Å². The fraction of sp³-hybridized carbons (Fsp3) is 0.571. The molecule has 1 aromatic carbocycles. The molecule has 0 unspecified atom stereocenters. The van der Waals surface area contributed by atoms with E-state index in [1.165, 1.54) is 17.5 Å². The van der Waals surface area contributed by atoms with Gasteiger partial charge in [0.15, 0.2) is 0 Å². The zero-order valence-corrected chi connectivity index (χ0v) is 11.7. The molecule has 0 saturated carbocycles. The van der Waals surface area contributed by atoms with E-state index in [-0.39, 0.29) is 17.8 Å². The van der Waals surface area contributed by atoms with Crippen molar-refractivity contribution in [3.8, 4) is 5.75 Å². The van der Waals surface area contributed by atoms with Crippen LogP contribution < -0.4 is 10.1 Å². The highest BCUT2D eigenvalue weighted by molar-refractivity contribution is 5.85. The van der Waals surface area contributed by atoms with Gasteiger partial charge in [-0.05, 0) is 54.6 Å². The average Bonchev–Trinajstić information content (AvgIpc) is 2.26. The van der Waals surface area contributed by atoms with Gasteiger partial charge in [-0.3, -0.25) is 0 Å². The Bertz CT molecular complexity index is 376. The number of rotatable bonds is 1. The van der Waals surface area contributed by atoms with Crippen molar-refractivity contribution in [2.24, 2.45) is 0 Å². The Labute approximate surface area is 110 Å². The molecule has 0 saturated heterocycles. The van der Waals surface area contributed by atoms with Gasteiger partial charge in [-0.15, -0.1) is 12.4 Å². The summed E-state index contributed by atoms with van der Waals surface area (Å²) in [6, 6.07) is 6.49. The molecule has 0 amide bonds. The zero-order valence-electron chi connectivity index (χ0n) is 10.9. The molecule has 1 aliphatic rings. The molecule has 1 N–H and O–H groups in total. The van der Waals surface area contributed by atoms with Crippen molar-refractivity contribution in [2.45, 2.75) is 32.1 Å². The lowest BCUT2D eigenvalue weighted by atomic mass is 9.77. The van der Waals surface area contributed by atoms with Crippen molar-refractivity contribution in [3.63, 3.8) is 0 Å². The molecule has 2 rings (SSSR count). The Kier molecular flexibility index (Phi) is 4.84. The first-order chi connectivity index (χ1) is 7.63. The molecule has 0 bridgehead atoms. The molecular formula is C14H22ClNO. The van der Waals surface area contributed by atoms with Gasteiger partial charge in [-0.1, -0.05) is 19.9 Å². The molecule has 0 spiro atoms. The summed E-state index contributed by atoms with van der Waals surface area (Å²) in [5.74, 6) is 0.973. The van der Waals surface area contributed by atoms with Gasteiger partial charge in [-0.25, -0.2) is 0 Å². The van der Waals surface area contributed by atoms with Crippen LogP contribution in [-0.2, 0) is 11.8 Å². The maximum absolute atomic E-state index is 5.33. The number of hydrogen-bond donors (Lipinski definition) is 1. The fourth-order valence-electron chi connectivity index (χ4n) is 2.41. The van der Waals surface area contributed by atoms with Crippen LogP contribution in [0, 0.1) is 0 Å². The minimum atomic E-state index is 0. The normalized spacial score (nSPS) is 18.3. The van der Waals surface area contributed by atoms with Crippen molar-refractivity contribution < 1.29 is 4.74 Å². The van der Waals surface area contributed by atoms with Crippen molar-refractivity contribution in [1.29, 1.82) is 0 Å². The van der Waals surface area contributed by atoms with Crippen LogP contribution in [0.25, 0.3) is 0 Å². The molecule has 0 aliphatic carbocycles. The summed E-state index contributed by atoms with van der Waals surface area (Å²) in [4.78, 5) is 0. The maximum Gasteiger partial charge on any atom is 0.119 e. The van der Waals surface area contributed by atoms with Crippen LogP contribution >= 0.6 is 12.4 Å². The molecule has 0 radical (unpaired) electrons. The Morgan fingerprint density at radius 3 is 2.71 bits per heavy atom. The highest BCUT2D eigenvalue weighted by Crippen LogP contribution is 2.33. The molecule has 1 aliphatic heterocycles. The minimum absolute atomic E-state index is 0. The van der Waals surface area contributed by atoms with E-state index in [2.05, 4.69) is 37.4 Å². The first-order valence-corrected chi connectivity index (χ1v) is 6.01. The topological polar surface area (TPSA) is 21.3 Å². The zero-order chi connectivity index (χ0) is 11.6. The SMILES string of the molecule is COc1ccc2c(c1)C(C)(C)CCNCC2.Cl. The van der Waals surface area contributed by atoms with Gasteiger partial charge in [0.1, 0.15) is 5.75 Å². The molecule has 0 aromatic heterocycles. The van der Waals surface area contributed by atoms with Crippen LogP contribution in [0.4, 0.5) is 0 Å². The van der Waals surface area contributed by atoms with E-state index in [4.69, 9.17) is 4.74 Å². The third kappa shape index (κ3) is 3.14. The standard InChI is InChI=1S/C14H21NO.ClH/c1-14(2)7-9-15-8-6-11-4-5-12(16-3)10-13(11)14;/h4-5,10,15H,6-9H2,1-3H3;1H. The number of ether oxygens (including phenoxy) is 1. The van der Waals surface area contributed by atoms with Crippen LogP contribution in [0.1, 0.15) is 31.4 Å². The number of fused-ring (bicyclic) bond motifs is 1. The predicted octanol–water partition coefficient (Wildman–Crippen LogP) is 2.93. The van der Waals surface area contributed by atoms with Crippen molar-refractivity contribution in [2.75, 3.05) is 20.2 Å².